The van der Waals surface area contributed by atoms with Crippen molar-refractivity contribution in [2.24, 2.45) is 10.7 Å². The van der Waals surface area contributed by atoms with Crippen LogP contribution in [0.5, 0.6) is 5.75 Å². The summed E-state index contributed by atoms with van der Waals surface area (Å²) in [6, 6.07) is 2.26. The fraction of sp³-hybridized carbons (Fsp3) is 0.417. The van der Waals surface area contributed by atoms with Gasteiger partial charge < -0.3 is 15.9 Å². The van der Waals surface area contributed by atoms with Crippen molar-refractivity contribution in [1.29, 1.82) is 0 Å². The van der Waals surface area contributed by atoms with Gasteiger partial charge in [-0.05, 0) is 18.6 Å². The molecule has 4 N–H and O–H groups in total. The lowest BCUT2D eigenvalue weighted by atomic mass is 9.89. The minimum Gasteiger partial charge on any atom is -0.506 e. The zero-order chi connectivity index (χ0) is 13.3. The number of primary amides is 1. The van der Waals surface area contributed by atoms with Gasteiger partial charge in [-0.2, -0.15) is 0 Å². The van der Waals surface area contributed by atoms with Gasteiger partial charge in [0, 0.05) is 12.6 Å². The van der Waals surface area contributed by atoms with Gasteiger partial charge in [-0.15, -0.1) is 0 Å². The lowest BCUT2D eigenvalue weighted by molar-refractivity contribution is -0.119. The van der Waals surface area contributed by atoms with Crippen LogP contribution in [0.3, 0.4) is 0 Å². The molecule has 0 aliphatic carbocycles. The van der Waals surface area contributed by atoms with Gasteiger partial charge in [0.05, 0.1) is 5.71 Å². The number of carbonyl (C=O) groups is 1. The summed E-state index contributed by atoms with van der Waals surface area (Å²) in [6.45, 7) is 1.78. The second-order valence-electron chi connectivity index (χ2n) is 4.36. The minimum absolute atomic E-state index is 0.0757. The van der Waals surface area contributed by atoms with Crippen molar-refractivity contribution in [3.63, 3.8) is 0 Å². The van der Waals surface area contributed by atoms with Crippen molar-refractivity contribution >= 4 is 11.6 Å². The van der Waals surface area contributed by atoms with E-state index in [1.165, 1.54) is 12.3 Å². The number of hydrogen-bond acceptors (Lipinski definition) is 5. The number of nitrogens with zero attached hydrogens (tertiary/aromatic N) is 2. The number of amides is 1. The number of hydrogen-bond donors (Lipinski definition) is 3. The summed E-state index contributed by atoms with van der Waals surface area (Å²) in [6.07, 6.45) is 1.99. The zero-order valence-electron chi connectivity index (χ0n) is 10.00. The first-order chi connectivity index (χ1) is 8.48. The van der Waals surface area contributed by atoms with E-state index in [1.54, 1.807) is 13.0 Å². The number of carbonyl (C=O) groups excluding carboxylic acids is 1. The summed E-state index contributed by atoms with van der Waals surface area (Å²) in [4.78, 5) is 19.3. The van der Waals surface area contributed by atoms with Gasteiger partial charge in [0.2, 0.25) is 5.91 Å². The van der Waals surface area contributed by atoms with Crippen molar-refractivity contribution in [2.75, 3.05) is 0 Å². The van der Waals surface area contributed by atoms with Crippen molar-refractivity contribution < 1.29 is 15.0 Å². The van der Waals surface area contributed by atoms with Crippen LogP contribution in [0.2, 0.25) is 0 Å². The maximum absolute atomic E-state index is 11.2. The monoisotopic (exact) mass is 249 g/mol. The van der Waals surface area contributed by atoms with Gasteiger partial charge in [-0.25, -0.2) is 0 Å². The highest BCUT2D eigenvalue weighted by Gasteiger charge is 2.44. The number of nitrogens with two attached hydrogens (primary N) is 1. The fourth-order valence-electron chi connectivity index (χ4n) is 2.07. The van der Waals surface area contributed by atoms with Gasteiger partial charge in [-0.3, -0.25) is 14.8 Å². The maximum Gasteiger partial charge on any atom is 0.242 e. The van der Waals surface area contributed by atoms with Crippen molar-refractivity contribution in [3.8, 4) is 5.75 Å². The molecule has 1 aliphatic heterocycles. The Labute approximate surface area is 104 Å². The maximum atomic E-state index is 11.2. The molecule has 2 unspecified atom stereocenters. The summed E-state index contributed by atoms with van der Waals surface area (Å²) in [5, 5.41) is 20.2. The van der Waals surface area contributed by atoms with E-state index in [9.17, 15) is 15.0 Å². The summed E-state index contributed by atoms with van der Waals surface area (Å²) in [5.41, 5.74) is 4.37. The molecule has 0 spiro atoms. The highest BCUT2D eigenvalue weighted by atomic mass is 16.3. The third-order valence-electron chi connectivity index (χ3n) is 3.18. The Bertz CT molecular complexity index is 515. The molecule has 18 heavy (non-hydrogen) atoms. The molecule has 2 heterocycles. The molecule has 1 aliphatic rings. The van der Waals surface area contributed by atoms with Gasteiger partial charge in [0.1, 0.15) is 23.1 Å². The highest BCUT2D eigenvalue weighted by molar-refractivity contribution is 6.09. The predicted molar refractivity (Wildman–Crippen MR) is 65.3 cm³/mol. The lowest BCUT2D eigenvalue weighted by Crippen LogP contribution is -2.37. The first-order valence-corrected chi connectivity index (χ1v) is 5.72. The van der Waals surface area contributed by atoms with E-state index in [2.05, 4.69) is 9.98 Å². The summed E-state index contributed by atoms with van der Waals surface area (Å²) < 4.78 is 0. The van der Waals surface area contributed by atoms with E-state index in [4.69, 9.17) is 5.73 Å². The average Bonchev–Trinajstić information content (AvgIpc) is 2.69. The summed E-state index contributed by atoms with van der Waals surface area (Å²) in [7, 11) is 0. The van der Waals surface area contributed by atoms with Crippen LogP contribution >= 0.6 is 0 Å². The van der Waals surface area contributed by atoms with E-state index < -0.39 is 17.6 Å². The molecule has 2 rings (SSSR count). The molecule has 0 aromatic carbocycles. The number of pyridine rings is 1. The van der Waals surface area contributed by atoms with Crippen LogP contribution in [0.1, 0.15) is 25.5 Å². The Morgan fingerprint density at radius 2 is 2.39 bits per heavy atom. The molecule has 96 valence electrons. The van der Waals surface area contributed by atoms with Crippen LogP contribution < -0.4 is 5.73 Å². The first kappa shape index (κ1) is 12.5. The van der Waals surface area contributed by atoms with E-state index in [1.807, 2.05) is 0 Å². The van der Waals surface area contributed by atoms with E-state index in [0.717, 1.165) is 0 Å². The molecule has 0 radical (unpaired) electrons. The second-order valence-corrected chi connectivity index (χ2v) is 4.36. The molecule has 6 heteroatoms. The van der Waals surface area contributed by atoms with E-state index >= 15 is 0 Å². The van der Waals surface area contributed by atoms with Crippen LogP contribution in [-0.2, 0) is 4.79 Å². The smallest absolute Gasteiger partial charge is 0.242 e. The molecular formula is C12H15N3O3. The number of rotatable bonds is 3. The molecule has 6 nitrogen and oxygen atoms in total. The van der Waals surface area contributed by atoms with Gasteiger partial charge in [0.25, 0.3) is 0 Å². The Hall–Kier alpha value is -1.95. The van der Waals surface area contributed by atoms with Crippen molar-refractivity contribution in [3.05, 3.63) is 24.0 Å². The second kappa shape index (κ2) is 4.38. The largest absolute Gasteiger partial charge is 0.506 e. The Balaban J connectivity index is 2.49. The molecule has 0 saturated carbocycles. The molecule has 0 saturated heterocycles. The minimum atomic E-state index is -1.27. The Kier molecular flexibility index (Phi) is 3.04. The van der Waals surface area contributed by atoms with E-state index in [-0.39, 0.29) is 23.6 Å². The van der Waals surface area contributed by atoms with Crippen molar-refractivity contribution in [2.45, 2.75) is 31.4 Å². The van der Waals surface area contributed by atoms with Crippen LogP contribution in [0, 0.1) is 0 Å². The van der Waals surface area contributed by atoms with Crippen LogP contribution in [0.25, 0.3) is 0 Å². The van der Waals surface area contributed by atoms with E-state index in [0.29, 0.717) is 6.42 Å². The fourth-order valence-corrected chi connectivity index (χ4v) is 2.07. The molecule has 2 atom stereocenters. The number of aromatic hydroxyl groups is 1. The Morgan fingerprint density at radius 1 is 1.67 bits per heavy atom. The van der Waals surface area contributed by atoms with Crippen molar-refractivity contribution in [1.82, 2.24) is 4.98 Å². The summed E-state index contributed by atoms with van der Waals surface area (Å²) in [5.74, 6) is -0.666. The molecular weight excluding hydrogens is 234 g/mol. The lowest BCUT2D eigenvalue weighted by Gasteiger charge is -2.23. The third kappa shape index (κ3) is 1.95. The zero-order valence-corrected chi connectivity index (χ0v) is 10.00. The van der Waals surface area contributed by atoms with Crippen LogP contribution in [-0.4, -0.2) is 38.5 Å². The topological polar surface area (TPSA) is 109 Å². The van der Waals surface area contributed by atoms with Gasteiger partial charge in [-0.1, -0.05) is 6.92 Å². The standard InChI is InChI=1S/C12H15N3O3/c1-2-12(18)6-7(11(13)17)15-10(12)9-8(16)4-3-5-14-9/h3-5,7,16,18H,2,6H2,1H3,(H2,13,17). The number of aromatic nitrogens is 1. The molecule has 0 bridgehead atoms. The normalized spacial score (nSPS) is 27.0. The number of aliphatic imine (C=N–C) groups is 1. The predicted octanol–water partition coefficient (Wildman–Crippen LogP) is -0.0250. The summed E-state index contributed by atoms with van der Waals surface area (Å²) >= 11 is 0. The first-order valence-electron chi connectivity index (χ1n) is 5.72. The molecule has 1 amide bonds. The van der Waals surface area contributed by atoms with Gasteiger partial charge in [0.15, 0.2) is 0 Å². The van der Waals surface area contributed by atoms with Crippen LogP contribution in [0.4, 0.5) is 0 Å². The third-order valence-corrected chi connectivity index (χ3v) is 3.18. The average molecular weight is 249 g/mol. The highest BCUT2D eigenvalue weighted by Crippen LogP contribution is 2.33. The SMILES string of the molecule is CCC1(O)CC(C(N)=O)N=C1c1ncccc1O. The quantitative estimate of drug-likeness (QED) is 0.699. The molecule has 1 aromatic rings. The molecule has 1 aromatic heterocycles. The molecule has 0 fully saturated rings. The van der Waals surface area contributed by atoms with Gasteiger partial charge >= 0.3 is 0 Å². The Morgan fingerprint density at radius 3 is 2.94 bits per heavy atom. The number of aliphatic hydroxyl groups is 1. The van der Waals surface area contributed by atoms with Crippen LogP contribution in [0.15, 0.2) is 23.3 Å².